The van der Waals surface area contributed by atoms with Crippen LogP contribution < -0.4 is 5.73 Å². The molecule has 1 rings (SSSR count). The maximum Gasteiger partial charge on any atom is 0.335 e. The van der Waals surface area contributed by atoms with Crippen molar-refractivity contribution in [2.24, 2.45) is 0 Å². The van der Waals surface area contributed by atoms with E-state index in [9.17, 15) is 4.79 Å². The van der Waals surface area contributed by atoms with Crippen molar-refractivity contribution in [1.82, 2.24) is 0 Å². The van der Waals surface area contributed by atoms with Crippen LogP contribution in [-0.2, 0) is 0 Å². The molecule has 0 aromatic heterocycles. The molecule has 57 valence electrons. The number of benzene rings is 1. The van der Waals surface area contributed by atoms with Gasteiger partial charge in [0.25, 0.3) is 0 Å². The molecule has 0 aliphatic rings. The highest BCUT2D eigenvalue weighted by Gasteiger charge is 2.04. The van der Waals surface area contributed by atoms with Gasteiger partial charge in [0.1, 0.15) is 5.75 Å². The number of nitrogen functional groups attached to an aromatic ring is 1. The average molecular weight is 152 g/mol. The second-order valence-electron chi connectivity index (χ2n) is 2.00. The average Bonchev–Trinajstić information content (AvgIpc) is 1.94. The summed E-state index contributed by atoms with van der Waals surface area (Å²) in [6.07, 6.45) is 0. The first-order chi connectivity index (χ1) is 5.11. The van der Waals surface area contributed by atoms with E-state index < -0.39 is 5.97 Å². The summed E-state index contributed by atoms with van der Waals surface area (Å²) in [5.41, 5.74) is 5.25. The molecule has 4 nitrogen and oxygen atoms in total. The molecule has 0 spiro atoms. The lowest BCUT2D eigenvalue weighted by molar-refractivity contribution is 0.0697. The number of carboxylic acid groups (broad SMARTS) is 1. The summed E-state index contributed by atoms with van der Waals surface area (Å²) in [5, 5.41) is 17.3. The van der Waals surface area contributed by atoms with Crippen LogP contribution in [0.1, 0.15) is 10.4 Å². The van der Waals surface area contributed by atoms with E-state index in [1.54, 1.807) is 0 Å². The standard InChI is InChI=1S/C7H6NO3/c8-5-3-4(7(10)11)1-2-6(5)9/h1,3,9H,8H2,(H,10,11). The normalized spacial score (nSPS) is 9.45. The van der Waals surface area contributed by atoms with Gasteiger partial charge in [-0.05, 0) is 12.1 Å². The molecule has 0 fully saturated rings. The number of carboxylic acids is 1. The number of hydrogen-bond acceptors (Lipinski definition) is 3. The molecular formula is C7H6NO3. The van der Waals surface area contributed by atoms with E-state index in [4.69, 9.17) is 15.9 Å². The minimum Gasteiger partial charge on any atom is -0.505 e. The Morgan fingerprint density at radius 1 is 1.64 bits per heavy atom. The number of aromatic carboxylic acids is 1. The zero-order chi connectivity index (χ0) is 8.43. The van der Waals surface area contributed by atoms with Crippen LogP contribution in [0.3, 0.4) is 0 Å². The zero-order valence-electron chi connectivity index (χ0n) is 5.53. The van der Waals surface area contributed by atoms with Gasteiger partial charge in [-0.25, -0.2) is 4.79 Å². The van der Waals surface area contributed by atoms with Crippen molar-refractivity contribution in [3.05, 3.63) is 23.8 Å². The van der Waals surface area contributed by atoms with Crippen LogP contribution >= 0.6 is 0 Å². The topological polar surface area (TPSA) is 83.6 Å². The number of aromatic hydroxyl groups is 1. The predicted octanol–water partition coefficient (Wildman–Crippen LogP) is 0.473. The van der Waals surface area contributed by atoms with Gasteiger partial charge in [-0.1, -0.05) is 0 Å². The number of rotatable bonds is 1. The van der Waals surface area contributed by atoms with Crippen LogP contribution in [0.5, 0.6) is 5.75 Å². The Labute approximate surface area is 62.9 Å². The summed E-state index contributed by atoms with van der Waals surface area (Å²) in [6, 6.07) is 4.63. The third-order valence-electron chi connectivity index (χ3n) is 1.20. The Hall–Kier alpha value is -1.71. The van der Waals surface area contributed by atoms with Gasteiger partial charge < -0.3 is 15.9 Å². The fourth-order valence-corrected chi connectivity index (χ4v) is 0.630. The van der Waals surface area contributed by atoms with E-state index >= 15 is 0 Å². The molecule has 0 atom stereocenters. The van der Waals surface area contributed by atoms with Crippen LogP contribution in [0.15, 0.2) is 12.1 Å². The van der Waals surface area contributed by atoms with Crippen molar-refractivity contribution in [2.45, 2.75) is 0 Å². The number of hydrogen-bond donors (Lipinski definition) is 3. The van der Waals surface area contributed by atoms with Gasteiger partial charge in [-0.2, -0.15) is 0 Å². The first-order valence-electron chi connectivity index (χ1n) is 2.84. The van der Waals surface area contributed by atoms with E-state index in [0.29, 0.717) is 0 Å². The van der Waals surface area contributed by atoms with Gasteiger partial charge in [0, 0.05) is 6.07 Å². The van der Waals surface area contributed by atoms with Crippen LogP contribution in [0.2, 0.25) is 0 Å². The quantitative estimate of drug-likeness (QED) is 0.403. The van der Waals surface area contributed by atoms with E-state index in [1.807, 2.05) is 0 Å². The Morgan fingerprint density at radius 2 is 2.27 bits per heavy atom. The summed E-state index contributed by atoms with van der Waals surface area (Å²) >= 11 is 0. The Balaban J connectivity index is 3.15. The van der Waals surface area contributed by atoms with Crippen LogP contribution in [0.25, 0.3) is 0 Å². The lowest BCUT2D eigenvalue weighted by Gasteiger charge is -1.97. The van der Waals surface area contributed by atoms with E-state index in [0.717, 1.165) is 6.07 Å². The van der Waals surface area contributed by atoms with Gasteiger partial charge in [-0.3, -0.25) is 0 Å². The molecule has 0 saturated carbocycles. The van der Waals surface area contributed by atoms with Gasteiger partial charge in [0.15, 0.2) is 0 Å². The molecule has 0 aliphatic carbocycles. The van der Waals surface area contributed by atoms with E-state index in [1.165, 1.54) is 6.07 Å². The first kappa shape index (κ1) is 7.40. The fraction of sp³-hybridized carbons (Fsp3) is 0. The van der Waals surface area contributed by atoms with Gasteiger partial charge >= 0.3 is 5.97 Å². The van der Waals surface area contributed by atoms with Gasteiger partial charge in [0.2, 0.25) is 0 Å². The van der Waals surface area contributed by atoms with Crippen LogP contribution in [0, 0.1) is 6.07 Å². The molecule has 1 radical (unpaired) electrons. The molecule has 4 N–H and O–H groups in total. The Bertz CT molecular complexity index is 296. The lowest BCUT2D eigenvalue weighted by atomic mass is 10.2. The van der Waals surface area contributed by atoms with Crippen molar-refractivity contribution >= 4 is 11.7 Å². The number of anilines is 1. The molecule has 0 unspecified atom stereocenters. The highest BCUT2D eigenvalue weighted by molar-refractivity contribution is 5.89. The van der Waals surface area contributed by atoms with Crippen molar-refractivity contribution in [1.29, 1.82) is 0 Å². The molecule has 0 saturated heterocycles. The minimum atomic E-state index is -1.09. The van der Waals surface area contributed by atoms with Crippen LogP contribution in [-0.4, -0.2) is 16.2 Å². The maximum absolute atomic E-state index is 10.3. The summed E-state index contributed by atoms with van der Waals surface area (Å²) in [7, 11) is 0. The van der Waals surface area contributed by atoms with Crippen molar-refractivity contribution < 1.29 is 15.0 Å². The zero-order valence-corrected chi connectivity index (χ0v) is 5.53. The van der Waals surface area contributed by atoms with Gasteiger partial charge in [0.05, 0.1) is 11.3 Å². The summed E-state index contributed by atoms with van der Waals surface area (Å²) < 4.78 is 0. The van der Waals surface area contributed by atoms with E-state index in [-0.39, 0.29) is 17.0 Å². The molecule has 0 heterocycles. The monoisotopic (exact) mass is 152 g/mol. The fourth-order valence-electron chi connectivity index (χ4n) is 0.630. The van der Waals surface area contributed by atoms with Crippen molar-refractivity contribution in [3.8, 4) is 5.75 Å². The van der Waals surface area contributed by atoms with Crippen LogP contribution in [0.4, 0.5) is 5.69 Å². The summed E-state index contributed by atoms with van der Waals surface area (Å²) in [6.45, 7) is 0. The Morgan fingerprint density at radius 3 is 2.73 bits per heavy atom. The molecule has 0 amide bonds. The second-order valence-corrected chi connectivity index (χ2v) is 2.00. The van der Waals surface area contributed by atoms with Crippen molar-refractivity contribution in [2.75, 3.05) is 5.73 Å². The molecule has 4 heteroatoms. The molecule has 11 heavy (non-hydrogen) atoms. The van der Waals surface area contributed by atoms with E-state index in [2.05, 4.69) is 6.07 Å². The molecule has 1 aromatic carbocycles. The smallest absolute Gasteiger partial charge is 0.335 e. The highest BCUT2D eigenvalue weighted by Crippen LogP contribution is 2.19. The second kappa shape index (κ2) is 2.49. The third kappa shape index (κ3) is 1.40. The summed E-state index contributed by atoms with van der Waals surface area (Å²) in [5.74, 6) is -1.32. The Kier molecular flexibility index (Phi) is 1.68. The molecule has 0 aliphatic heterocycles. The summed E-state index contributed by atoms with van der Waals surface area (Å²) in [4.78, 5) is 10.3. The molecular weight excluding hydrogens is 146 g/mol. The largest absolute Gasteiger partial charge is 0.505 e. The minimum absolute atomic E-state index is 0.0142. The SMILES string of the molecule is Nc1cc(C(=O)O)c[c]c1O. The lowest BCUT2D eigenvalue weighted by Crippen LogP contribution is -1.97. The predicted molar refractivity (Wildman–Crippen MR) is 38.3 cm³/mol. The number of phenols is 1. The molecule has 0 bridgehead atoms. The third-order valence-corrected chi connectivity index (χ3v) is 1.20. The molecule has 1 aromatic rings. The first-order valence-corrected chi connectivity index (χ1v) is 2.84. The number of carbonyl (C=O) groups is 1. The highest BCUT2D eigenvalue weighted by atomic mass is 16.4. The van der Waals surface area contributed by atoms with Gasteiger partial charge in [-0.15, -0.1) is 0 Å². The van der Waals surface area contributed by atoms with Crippen molar-refractivity contribution in [3.63, 3.8) is 0 Å². The number of nitrogens with two attached hydrogens (primary N) is 1. The number of phenolic OH excluding ortho intramolecular Hbond substituents is 1. The maximum atomic E-state index is 10.3.